The molecule has 0 saturated carbocycles. The maximum atomic E-state index is 13.8. The third kappa shape index (κ3) is 2.34. The Balaban J connectivity index is 2.34. The summed E-state index contributed by atoms with van der Waals surface area (Å²) in [5, 5.41) is 0.489. The number of fused-ring (bicyclic) bond motifs is 1. The first kappa shape index (κ1) is 13.9. The van der Waals surface area contributed by atoms with E-state index in [0.717, 1.165) is 6.07 Å². The Morgan fingerprint density at radius 1 is 1.05 bits per heavy atom. The molecule has 0 aliphatic carbocycles. The van der Waals surface area contributed by atoms with Crippen LogP contribution < -0.4 is 5.73 Å². The molecule has 21 heavy (non-hydrogen) atoms. The van der Waals surface area contributed by atoms with Crippen molar-refractivity contribution < 1.29 is 8.78 Å². The van der Waals surface area contributed by atoms with Crippen molar-refractivity contribution >= 4 is 22.6 Å². The minimum Gasteiger partial charge on any atom is -0.325 e. The second-order valence-electron chi connectivity index (χ2n) is 4.43. The summed E-state index contributed by atoms with van der Waals surface area (Å²) in [6, 6.07) is 9.48. The molecule has 0 fully saturated rings. The highest BCUT2D eigenvalue weighted by molar-refractivity contribution is 6.33. The number of hydrogen-bond acceptors (Lipinski definition) is 3. The largest absolute Gasteiger partial charge is 0.325 e. The summed E-state index contributed by atoms with van der Waals surface area (Å²) in [5.74, 6) is -1.99. The summed E-state index contributed by atoms with van der Waals surface area (Å²) in [5.41, 5.74) is 7.26. The van der Waals surface area contributed by atoms with Crippen LogP contribution in [-0.4, -0.2) is 9.97 Å². The van der Waals surface area contributed by atoms with E-state index in [0.29, 0.717) is 22.0 Å². The Bertz CT molecular complexity index is 837. The molecule has 3 aromatic rings. The first-order chi connectivity index (χ1) is 10.1. The number of hydrogen-bond donors (Lipinski definition) is 1. The van der Waals surface area contributed by atoms with Crippen LogP contribution in [0.1, 0.15) is 5.69 Å². The second-order valence-corrected chi connectivity index (χ2v) is 4.84. The van der Waals surface area contributed by atoms with Crippen LogP contribution in [0.15, 0.2) is 36.4 Å². The minimum absolute atomic E-state index is 0.0411. The Morgan fingerprint density at radius 3 is 2.52 bits per heavy atom. The molecule has 0 atom stereocenters. The lowest BCUT2D eigenvalue weighted by Crippen LogP contribution is -2.06. The van der Waals surface area contributed by atoms with Gasteiger partial charge in [0.1, 0.15) is 5.52 Å². The zero-order chi connectivity index (χ0) is 15.0. The molecule has 2 N–H and O–H groups in total. The third-order valence-electron chi connectivity index (χ3n) is 3.12. The molecule has 0 bridgehead atoms. The Morgan fingerprint density at radius 2 is 1.81 bits per heavy atom. The van der Waals surface area contributed by atoms with E-state index >= 15 is 0 Å². The smallest absolute Gasteiger partial charge is 0.186 e. The van der Waals surface area contributed by atoms with Crippen molar-refractivity contribution in [1.82, 2.24) is 9.97 Å². The summed E-state index contributed by atoms with van der Waals surface area (Å²) in [6.45, 7) is 0.0411. The molecule has 3 nitrogen and oxygen atoms in total. The van der Waals surface area contributed by atoms with E-state index in [1.54, 1.807) is 24.3 Å². The second kappa shape index (κ2) is 5.35. The van der Waals surface area contributed by atoms with E-state index in [-0.39, 0.29) is 17.6 Å². The summed E-state index contributed by atoms with van der Waals surface area (Å²) in [7, 11) is 0. The number of aromatic nitrogens is 2. The summed E-state index contributed by atoms with van der Waals surface area (Å²) in [6.07, 6.45) is 0. The molecule has 106 valence electrons. The van der Waals surface area contributed by atoms with Crippen molar-refractivity contribution in [3.8, 4) is 11.3 Å². The molecular weight excluding hydrogens is 296 g/mol. The molecule has 1 aromatic heterocycles. The normalized spacial score (nSPS) is 11.0. The van der Waals surface area contributed by atoms with Crippen LogP contribution in [0.2, 0.25) is 5.02 Å². The Labute approximate surface area is 124 Å². The maximum absolute atomic E-state index is 13.8. The molecule has 0 amide bonds. The van der Waals surface area contributed by atoms with Crippen LogP contribution in [0.25, 0.3) is 22.3 Å². The molecule has 1 heterocycles. The van der Waals surface area contributed by atoms with Gasteiger partial charge in [0, 0.05) is 12.1 Å². The minimum atomic E-state index is -1.03. The number of nitrogens with two attached hydrogens (primary N) is 1. The van der Waals surface area contributed by atoms with E-state index in [1.165, 1.54) is 6.07 Å². The van der Waals surface area contributed by atoms with E-state index in [2.05, 4.69) is 9.97 Å². The zero-order valence-corrected chi connectivity index (χ0v) is 11.5. The van der Waals surface area contributed by atoms with E-state index in [4.69, 9.17) is 17.3 Å². The first-order valence-electron chi connectivity index (χ1n) is 6.21. The lowest BCUT2D eigenvalue weighted by atomic mass is 10.1. The number of benzene rings is 2. The highest BCUT2D eigenvalue weighted by Crippen LogP contribution is 2.30. The average molecular weight is 306 g/mol. The SMILES string of the molecule is NCc1nc2c(F)c(F)ccc2nc1-c1ccccc1Cl. The van der Waals surface area contributed by atoms with Gasteiger partial charge in [0.25, 0.3) is 0 Å². The van der Waals surface area contributed by atoms with Crippen molar-refractivity contribution in [2.75, 3.05) is 0 Å². The van der Waals surface area contributed by atoms with Crippen LogP contribution in [0.3, 0.4) is 0 Å². The summed E-state index contributed by atoms with van der Waals surface area (Å²) in [4.78, 5) is 8.46. The number of halogens is 3. The van der Waals surface area contributed by atoms with E-state index in [9.17, 15) is 8.78 Å². The fourth-order valence-electron chi connectivity index (χ4n) is 2.11. The molecule has 2 aromatic carbocycles. The standard InChI is InChI=1S/C15H10ClF2N3/c16-9-4-2-1-3-8(9)14-12(7-19)21-15-11(20-14)6-5-10(17)13(15)18/h1-6H,7,19H2. The molecule has 0 spiro atoms. The van der Waals surface area contributed by atoms with Gasteiger partial charge in [-0.3, -0.25) is 0 Å². The van der Waals surface area contributed by atoms with Gasteiger partial charge in [-0.15, -0.1) is 0 Å². The van der Waals surface area contributed by atoms with Crippen molar-refractivity contribution in [2.24, 2.45) is 5.73 Å². The fraction of sp³-hybridized carbons (Fsp3) is 0.0667. The predicted molar refractivity (Wildman–Crippen MR) is 77.8 cm³/mol. The molecule has 0 aliphatic heterocycles. The van der Waals surface area contributed by atoms with Crippen molar-refractivity contribution in [3.05, 3.63) is 58.7 Å². The third-order valence-corrected chi connectivity index (χ3v) is 3.45. The Hall–Kier alpha value is -2.11. The van der Waals surface area contributed by atoms with E-state index in [1.807, 2.05) is 0 Å². The van der Waals surface area contributed by atoms with Gasteiger partial charge < -0.3 is 5.73 Å². The monoisotopic (exact) mass is 305 g/mol. The molecule has 0 radical (unpaired) electrons. The zero-order valence-electron chi connectivity index (χ0n) is 10.8. The van der Waals surface area contributed by atoms with Crippen LogP contribution in [-0.2, 0) is 6.54 Å². The van der Waals surface area contributed by atoms with Crippen LogP contribution in [0, 0.1) is 11.6 Å². The van der Waals surface area contributed by atoms with Crippen LogP contribution >= 0.6 is 11.6 Å². The molecule has 0 unspecified atom stereocenters. The average Bonchev–Trinajstić information content (AvgIpc) is 2.50. The van der Waals surface area contributed by atoms with Crippen LogP contribution in [0.4, 0.5) is 8.78 Å². The summed E-state index contributed by atoms with van der Waals surface area (Å²) >= 11 is 6.15. The Kier molecular flexibility index (Phi) is 3.53. The van der Waals surface area contributed by atoms with Gasteiger partial charge in [0.05, 0.1) is 21.9 Å². The maximum Gasteiger partial charge on any atom is 0.186 e. The topological polar surface area (TPSA) is 51.8 Å². The van der Waals surface area contributed by atoms with E-state index < -0.39 is 11.6 Å². The quantitative estimate of drug-likeness (QED) is 0.785. The molecule has 6 heteroatoms. The van der Waals surface area contributed by atoms with Gasteiger partial charge in [0.2, 0.25) is 0 Å². The van der Waals surface area contributed by atoms with Gasteiger partial charge in [0.15, 0.2) is 11.6 Å². The highest BCUT2D eigenvalue weighted by atomic mass is 35.5. The first-order valence-corrected chi connectivity index (χ1v) is 6.59. The van der Waals surface area contributed by atoms with Gasteiger partial charge in [-0.25, -0.2) is 18.7 Å². The summed E-state index contributed by atoms with van der Waals surface area (Å²) < 4.78 is 27.1. The van der Waals surface area contributed by atoms with Crippen molar-refractivity contribution in [1.29, 1.82) is 0 Å². The fourth-order valence-corrected chi connectivity index (χ4v) is 2.34. The lowest BCUT2D eigenvalue weighted by Gasteiger charge is -2.10. The molecular formula is C15H10ClF2N3. The lowest BCUT2D eigenvalue weighted by molar-refractivity contribution is 0.515. The molecule has 0 saturated heterocycles. The van der Waals surface area contributed by atoms with Crippen molar-refractivity contribution in [2.45, 2.75) is 6.54 Å². The number of nitrogens with zero attached hydrogens (tertiary/aromatic N) is 2. The molecule has 0 aliphatic rings. The van der Waals surface area contributed by atoms with Gasteiger partial charge in [-0.2, -0.15) is 0 Å². The van der Waals surface area contributed by atoms with Crippen molar-refractivity contribution in [3.63, 3.8) is 0 Å². The number of rotatable bonds is 2. The van der Waals surface area contributed by atoms with Crippen LogP contribution in [0.5, 0.6) is 0 Å². The predicted octanol–water partition coefficient (Wildman–Crippen LogP) is 3.69. The van der Waals surface area contributed by atoms with Gasteiger partial charge in [-0.1, -0.05) is 29.8 Å². The highest BCUT2D eigenvalue weighted by Gasteiger charge is 2.16. The molecule has 3 rings (SSSR count). The van der Waals surface area contributed by atoms with Gasteiger partial charge >= 0.3 is 0 Å². The van der Waals surface area contributed by atoms with Gasteiger partial charge in [-0.05, 0) is 18.2 Å².